The predicted octanol–water partition coefficient (Wildman–Crippen LogP) is 6.85. The van der Waals surface area contributed by atoms with E-state index in [1.54, 1.807) is 0 Å². The van der Waals surface area contributed by atoms with E-state index in [1.807, 2.05) is 24.3 Å². The molecule has 5 rings (SSSR count). The van der Waals surface area contributed by atoms with Crippen LogP contribution in [0.25, 0.3) is 0 Å². The van der Waals surface area contributed by atoms with E-state index in [0.29, 0.717) is 18.3 Å². The molecular formula is C27H25BrN2O. The molecule has 31 heavy (non-hydrogen) atoms. The standard InChI is InChI=1S/C27H25BrN2O/c28-20-12-10-19(11-13-20)27-23-8-4-7-22(23)24-17-21(14-15-25(24)30-27)29-26(31)16-9-18-5-2-1-3-6-18/h1-7,10-15,17,22-23,27,30H,8-9,16H2,(H,29,31). The van der Waals surface area contributed by atoms with Gasteiger partial charge >= 0.3 is 0 Å². The molecule has 1 heterocycles. The third kappa shape index (κ3) is 4.31. The molecule has 0 aromatic heterocycles. The van der Waals surface area contributed by atoms with Crippen LogP contribution in [0.15, 0.2) is 89.4 Å². The lowest BCUT2D eigenvalue weighted by Gasteiger charge is -2.37. The van der Waals surface area contributed by atoms with Gasteiger partial charge in [0.25, 0.3) is 0 Å². The Morgan fingerprint density at radius 1 is 1.03 bits per heavy atom. The number of carbonyl (C=O) groups is 1. The molecule has 156 valence electrons. The second-order valence-corrected chi connectivity index (χ2v) is 9.28. The number of aryl methyl sites for hydroxylation is 1. The molecule has 0 spiro atoms. The average Bonchev–Trinajstić information content (AvgIpc) is 3.29. The molecule has 0 bridgehead atoms. The van der Waals surface area contributed by atoms with Gasteiger partial charge in [0.2, 0.25) is 5.91 Å². The van der Waals surface area contributed by atoms with E-state index in [0.717, 1.165) is 28.7 Å². The van der Waals surface area contributed by atoms with Gasteiger partial charge in [0.05, 0.1) is 6.04 Å². The van der Waals surface area contributed by atoms with E-state index in [9.17, 15) is 4.79 Å². The quantitative estimate of drug-likeness (QED) is 0.398. The lowest BCUT2D eigenvalue weighted by molar-refractivity contribution is -0.116. The van der Waals surface area contributed by atoms with E-state index >= 15 is 0 Å². The number of nitrogens with one attached hydrogen (secondary N) is 2. The molecule has 3 unspecified atom stereocenters. The fourth-order valence-electron chi connectivity index (χ4n) is 4.80. The first kappa shape index (κ1) is 20.1. The number of halogens is 1. The van der Waals surface area contributed by atoms with Crippen LogP contribution >= 0.6 is 15.9 Å². The third-order valence-corrected chi connectivity index (χ3v) is 6.89. The fraction of sp³-hybridized carbons (Fsp3) is 0.222. The maximum Gasteiger partial charge on any atom is 0.224 e. The Balaban J connectivity index is 1.32. The number of hydrogen-bond acceptors (Lipinski definition) is 2. The van der Waals surface area contributed by atoms with Crippen LogP contribution in [0.5, 0.6) is 0 Å². The van der Waals surface area contributed by atoms with Crippen LogP contribution < -0.4 is 10.6 Å². The van der Waals surface area contributed by atoms with Gasteiger partial charge in [-0.2, -0.15) is 0 Å². The maximum absolute atomic E-state index is 12.5. The van der Waals surface area contributed by atoms with E-state index < -0.39 is 0 Å². The summed E-state index contributed by atoms with van der Waals surface area (Å²) in [5, 5.41) is 6.86. The minimum Gasteiger partial charge on any atom is -0.378 e. The van der Waals surface area contributed by atoms with Crippen molar-refractivity contribution in [2.24, 2.45) is 5.92 Å². The Morgan fingerprint density at radius 2 is 1.84 bits per heavy atom. The molecule has 2 aliphatic rings. The minimum atomic E-state index is 0.0545. The van der Waals surface area contributed by atoms with Crippen LogP contribution in [-0.4, -0.2) is 5.91 Å². The summed E-state index contributed by atoms with van der Waals surface area (Å²) in [5.41, 5.74) is 5.80. The SMILES string of the molecule is O=C(CCc1ccccc1)Nc1ccc2c(c1)C1C=CCC1C(c1ccc(Br)cc1)N2. The van der Waals surface area contributed by atoms with Crippen LogP contribution in [0.3, 0.4) is 0 Å². The predicted molar refractivity (Wildman–Crippen MR) is 130 cm³/mol. The zero-order valence-electron chi connectivity index (χ0n) is 17.2. The van der Waals surface area contributed by atoms with Gasteiger partial charge < -0.3 is 10.6 Å². The molecule has 3 nitrogen and oxygen atoms in total. The highest BCUT2D eigenvalue weighted by Crippen LogP contribution is 2.50. The summed E-state index contributed by atoms with van der Waals surface area (Å²) in [6, 6.07) is 25.3. The first-order chi connectivity index (χ1) is 15.2. The monoisotopic (exact) mass is 472 g/mol. The molecule has 2 N–H and O–H groups in total. The molecule has 3 aromatic carbocycles. The minimum absolute atomic E-state index is 0.0545. The van der Waals surface area contributed by atoms with Crippen molar-refractivity contribution in [2.75, 3.05) is 10.6 Å². The Bertz CT molecular complexity index is 1110. The topological polar surface area (TPSA) is 41.1 Å². The number of fused-ring (bicyclic) bond motifs is 3. The second kappa shape index (κ2) is 8.72. The number of anilines is 2. The maximum atomic E-state index is 12.5. The van der Waals surface area contributed by atoms with Crippen LogP contribution in [0.4, 0.5) is 11.4 Å². The van der Waals surface area contributed by atoms with Crippen molar-refractivity contribution in [3.63, 3.8) is 0 Å². The summed E-state index contributed by atoms with van der Waals surface area (Å²) in [7, 11) is 0. The summed E-state index contributed by atoms with van der Waals surface area (Å²) in [6.07, 6.45) is 6.92. The first-order valence-corrected chi connectivity index (χ1v) is 11.6. The lowest BCUT2D eigenvalue weighted by atomic mass is 9.77. The Labute approximate surface area is 191 Å². The van der Waals surface area contributed by atoms with Crippen LogP contribution in [0.1, 0.15) is 41.5 Å². The smallest absolute Gasteiger partial charge is 0.224 e. The van der Waals surface area contributed by atoms with Crippen molar-refractivity contribution >= 4 is 33.2 Å². The van der Waals surface area contributed by atoms with Gasteiger partial charge in [0.15, 0.2) is 0 Å². The van der Waals surface area contributed by atoms with Crippen molar-refractivity contribution in [2.45, 2.75) is 31.2 Å². The Morgan fingerprint density at radius 3 is 2.65 bits per heavy atom. The van der Waals surface area contributed by atoms with Crippen LogP contribution in [0.2, 0.25) is 0 Å². The van der Waals surface area contributed by atoms with Crippen molar-refractivity contribution in [1.29, 1.82) is 0 Å². The lowest BCUT2D eigenvalue weighted by Crippen LogP contribution is -2.29. The molecule has 3 atom stereocenters. The normalized spacial score (nSPS) is 21.1. The number of hydrogen-bond donors (Lipinski definition) is 2. The molecule has 0 saturated carbocycles. The molecular weight excluding hydrogens is 448 g/mol. The van der Waals surface area contributed by atoms with Gasteiger partial charge in [-0.3, -0.25) is 4.79 Å². The summed E-state index contributed by atoms with van der Waals surface area (Å²) in [5.74, 6) is 0.905. The van der Waals surface area contributed by atoms with E-state index in [2.05, 4.69) is 87.2 Å². The Kier molecular flexibility index (Phi) is 5.65. The number of benzene rings is 3. The highest BCUT2D eigenvalue weighted by molar-refractivity contribution is 9.10. The average molecular weight is 473 g/mol. The van der Waals surface area contributed by atoms with Crippen molar-refractivity contribution in [1.82, 2.24) is 0 Å². The summed E-state index contributed by atoms with van der Waals surface area (Å²) >= 11 is 3.54. The number of carbonyl (C=O) groups excluding carboxylic acids is 1. The van der Waals surface area contributed by atoms with Gasteiger partial charge in [-0.15, -0.1) is 0 Å². The molecule has 1 aliphatic carbocycles. The molecule has 0 fully saturated rings. The largest absolute Gasteiger partial charge is 0.378 e. The van der Waals surface area contributed by atoms with Crippen LogP contribution in [0, 0.1) is 5.92 Å². The van der Waals surface area contributed by atoms with E-state index in [4.69, 9.17) is 0 Å². The van der Waals surface area contributed by atoms with Crippen molar-refractivity contribution < 1.29 is 4.79 Å². The number of allylic oxidation sites excluding steroid dienone is 2. The molecule has 3 aromatic rings. The van der Waals surface area contributed by atoms with Gasteiger partial charge in [0.1, 0.15) is 0 Å². The summed E-state index contributed by atoms with van der Waals surface area (Å²) < 4.78 is 1.10. The van der Waals surface area contributed by atoms with E-state index in [1.165, 1.54) is 16.7 Å². The zero-order valence-corrected chi connectivity index (χ0v) is 18.8. The number of amides is 1. The van der Waals surface area contributed by atoms with Gasteiger partial charge in [-0.1, -0.05) is 70.5 Å². The third-order valence-electron chi connectivity index (χ3n) is 6.36. The van der Waals surface area contributed by atoms with Crippen molar-refractivity contribution in [3.05, 3.63) is 106 Å². The Hall–Kier alpha value is -2.85. The van der Waals surface area contributed by atoms with E-state index in [-0.39, 0.29) is 11.9 Å². The van der Waals surface area contributed by atoms with Gasteiger partial charge in [-0.25, -0.2) is 0 Å². The zero-order chi connectivity index (χ0) is 21.2. The molecule has 1 aliphatic heterocycles. The van der Waals surface area contributed by atoms with Gasteiger partial charge in [-0.05, 0) is 65.8 Å². The molecule has 0 saturated heterocycles. The highest BCUT2D eigenvalue weighted by Gasteiger charge is 2.37. The summed E-state index contributed by atoms with van der Waals surface area (Å²) in [6.45, 7) is 0. The molecule has 4 heteroatoms. The van der Waals surface area contributed by atoms with Crippen LogP contribution in [-0.2, 0) is 11.2 Å². The number of rotatable bonds is 5. The van der Waals surface area contributed by atoms with Gasteiger partial charge in [0, 0.05) is 28.2 Å². The van der Waals surface area contributed by atoms with Crippen molar-refractivity contribution in [3.8, 4) is 0 Å². The molecule has 0 radical (unpaired) electrons. The second-order valence-electron chi connectivity index (χ2n) is 8.36. The highest BCUT2D eigenvalue weighted by atomic mass is 79.9. The summed E-state index contributed by atoms with van der Waals surface area (Å²) in [4.78, 5) is 12.5. The fourth-order valence-corrected chi connectivity index (χ4v) is 5.06. The molecule has 1 amide bonds. The first-order valence-electron chi connectivity index (χ1n) is 10.8.